The Kier molecular flexibility index (Phi) is 5.76. The fourth-order valence-corrected chi connectivity index (χ4v) is 2.49. The molecule has 1 fully saturated rings. The number of aromatic nitrogens is 1. The molecule has 0 amide bonds. The highest BCUT2D eigenvalue weighted by Gasteiger charge is 2.15. The van der Waals surface area contributed by atoms with Crippen molar-refractivity contribution in [2.75, 3.05) is 51.8 Å². The molecule has 5 heteroatoms. The van der Waals surface area contributed by atoms with E-state index in [0.29, 0.717) is 6.04 Å². The normalized spacial score (nSPS) is 20.1. The number of rotatable bonds is 6. The summed E-state index contributed by atoms with van der Waals surface area (Å²) in [7, 11) is 3.76. The lowest BCUT2D eigenvalue weighted by Gasteiger charge is -2.31. The van der Waals surface area contributed by atoms with E-state index in [4.69, 9.17) is 4.74 Å². The van der Waals surface area contributed by atoms with Gasteiger partial charge in [0.25, 0.3) is 0 Å². The minimum Gasteiger partial charge on any atom is -0.383 e. The van der Waals surface area contributed by atoms with Gasteiger partial charge in [-0.05, 0) is 18.6 Å². The Labute approximate surface area is 121 Å². The van der Waals surface area contributed by atoms with Crippen LogP contribution in [0, 0.1) is 0 Å². The lowest BCUT2D eigenvalue weighted by Crippen LogP contribution is -2.48. The number of nitrogens with one attached hydrogen (secondary N) is 1. The lowest BCUT2D eigenvalue weighted by molar-refractivity contribution is 0.199. The van der Waals surface area contributed by atoms with Crippen LogP contribution in [0.5, 0.6) is 0 Å². The first kappa shape index (κ1) is 15.2. The Morgan fingerprint density at radius 1 is 1.50 bits per heavy atom. The first-order valence-corrected chi connectivity index (χ1v) is 7.30. The van der Waals surface area contributed by atoms with Crippen LogP contribution in [0.3, 0.4) is 0 Å². The molecule has 5 nitrogen and oxygen atoms in total. The second-order valence-corrected chi connectivity index (χ2v) is 5.53. The van der Waals surface area contributed by atoms with Crippen molar-refractivity contribution in [3.63, 3.8) is 0 Å². The van der Waals surface area contributed by atoms with Gasteiger partial charge in [0, 0.05) is 59.1 Å². The Hall–Kier alpha value is -1.17. The number of hydrogen-bond donors (Lipinski definition) is 1. The van der Waals surface area contributed by atoms with Crippen LogP contribution in [0.2, 0.25) is 0 Å². The van der Waals surface area contributed by atoms with Gasteiger partial charge in [0.05, 0.1) is 6.61 Å². The number of hydrogen-bond acceptors (Lipinski definition) is 5. The molecular weight excluding hydrogens is 252 g/mol. The summed E-state index contributed by atoms with van der Waals surface area (Å²) >= 11 is 0. The van der Waals surface area contributed by atoms with Crippen molar-refractivity contribution in [1.82, 2.24) is 15.2 Å². The SMILES string of the molecule is COCCN(C)c1ccc(CN2CCNC(C)C2)cn1. The van der Waals surface area contributed by atoms with Crippen molar-refractivity contribution in [2.45, 2.75) is 19.5 Å². The zero-order valence-corrected chi connectivity index (χ0v) is 12.8. The Morgan fingerprint density at radius 2 is 2.35 bits per heavy atom. The molecule has 112 valence electrons. The molecule has 0 saturated carbocycles. The number of ether oxygens (including phenoxy) is 1. The topological polar surface area (TPSA) is 40.6 Å². The van der Waals surface area contributed by atoms with Crippen LogP contribution < -0.4 is 10.2 Å². The largest absolute Gasteiger partial charge is 0.383 e. The van der Waals surface area contributed by atoms with Gasteiger partial charge in [-0.2, -0.15) is 0 Å². The average molecular weight is 278 g/mol. The molecule has 20 heavy (non-hydrogen) atoms. The number of methoxy groups -OCH3 is 1. The second kappa shape index (κ2) is 7.57. The highest BCUT2D eigenvalue weighted by molar-refractivity contribution is 5.38. The summed E-state index contributed by atoms with van der Waals surface area (Å²) in [5.41, 5.74) is 1.28. The van der Waals surface area contributed by atoms with Gasteiger partial charge < -0.3 is 15.0 Å². The molecule has 1 aromatic heterocycles. The van der Waals surface area contributed by atoms with Gasteiger partial charge in [-0.1, -0.05) is 6.07 Å². The monoisotopic (exact) mass is 278 g/mol. The lowest BCUT2D eigenvalue weighted by atomic mass is 10.2. The summed E-state index contributed by atoms with van der Waals surface area (Å²) < 4.78 is 5.09. The number of nitrogens with zero attached hydrogens (tertiary/aromatic N) is 3. The van der Waals surface area contributed by atoms with Gasteiger partial charge in [-0.25, -0.2) is 4.98 Å². The van der Waals surface area contributed by atoms with Gasteiger partial charge in [0.15, 0.2) is 0 Å². The third kappa shape index (κ3) is 4.44. The fraction of sp³-hybridized carbons (Fsp3) is 0.667. The summed E-state index contributed by atoms with van der Waals surface area (Å²) in [6, 6.07) is 4.85. The van der Waals surface area contributed by atoms with E-state index in [1.807, 2.05) is 13.2 Å². The fourth-order valence-electron chi connectivity index (χ4n) is 2.49. The molecule has 2 heterocycles. The van der Waals surface area contributed by atoms with E-state index < -0.39 is 0 Å². The molecule has 1 saturated heterocycles. The van der Waals surface area contributed by atoms with E-state index in [-0.39, 0.29) is 0 Å². The standard InChI is InChI=1S/C15H26N4O/c1-13-11-19(7-6-16-13)12-14-4-5-15(17-10-14)18(2)8-9-20-3/h4-5,10,13,16H,6-9,11-12H2,1-3H3. The predicted molar refractivity (Wildman–Crippen MR) is 82.1 cm³/mol. The maximum atomic E-state index is 5.09. The molecule has 1 N–H and O–H groups in total. The van der Waals surface area contributed by atoms with Crippen molar-refractivity contribution < 1.29 is 4.74 Å². The maximum absolute atomic E-state index is 5.09. The number of anilines is 1. The molecule has 2 rings (SSSR count). The van der Waals surface area contributed by atoms with E-state index in [9.17, 15) is 0 Å². The first-order valence-electron chi connectivity index (χ1n) is 7.30. The molecule has 0 aromatic carbocycles. The van der Waals surface area contributed by atoms with Gasteiger partial charge in [-0.15, -0.1) is 0 Å². The summed E-state index contributed by atoms with van der Waals surface area (Å²) in [6.45, 7) is 8.10. The molecule has 0 aliphatic carbocycles. The molecule has 1 aliphatic heterocycles. The smallest absolute Gasteiger partial charge is 0.128 e. The zero-order chi connectivity index (χ0) is 14.4. The Balaban J connectivity index is 1.87. The van der Waals surface area contributed by atoms with Crippen molar-refractivity contribution in [2.24, 2.45) is 0 Å². The van der Waals surface area contributed by atoms with E-state index in [1.165, 1.54) is 5.56 Å². The highest BCUT2D eigenvalue weighted by Crippen LogP contribution is 2.12. The van der Waals surface area contributed by atoms with E-state index >= 15 is 0 Å². The maximum Gasteiger partial charge on any atom is 0.128 e. The van der Waals surface area contributed by atoms with Gasteiger partial charge in [0.1, 0.15) is 5.82 Å². The van der Waals surface area contributed by atoms with Crippen LogP contribution in [-0.2, 0) is 11.3 Å². The van der Waals surface area contributed by atoms with Crippen LogP contribution >= 0.6 is 0 Å². The van der Waals surface area contributed by atoms with Crippen molar-refractivity contribution in [3.05, 3.63) is 23.9 Å². The Bertz CT molecular complexity index is 395. The van der Waals surface area contributed by atoms with Crippen LogP contribution in [0.4, 0.5) is 5.82 Å². The summed E-state index contributed by atoms with van der Waals surface area (Å²) in [5, 5.41) is 3.47. The minimum absolute atomic E-state index is 0.580. The van der Waals surface area contributed by atoms with Crippen LogP contribution in [0.15, 0.2) is 18.3 Å². The van der Waals surface area contributed by atoms with E-state index in [0.717, 1.165) is 45.1 Å². The molecule has 0 spiro atoms. The molecular formula is C15H26N4O. The highest BCUT2D eigenvalue weighted by atomic mass is 16.5. The number of pyridine rings is 1. The molecule has 0 radical (unpaired) electrons. The van der Waals surface area contributed by atoms with Crippen molar-refractivity contribution in [3.8, 4) is 0 Å². The zero-order valence-electron chi connectivity index (χ0n) is 12.8. The summed E-state index contributed by atoms with van der Waals surface area (Å²) in [4.78, 5) is 9.13. The van der Waals surface area contributed by atoms with Crippen molar-refractivity contribution >= 4 is 5.82 Å². The molecule has 1 atom stereocenters. The Morgan fingerprint density at radius 3 is 3.00 bits per heavy atom. The number of piperazine rings is 1. The van der Waals surface area contributed by atoms with Crippen LogP contribution in [-0.4, -0.2) is 62.9 Å². The van der Waals surface area contributed by atoms with Gasteiger partial charge in [0.2, 0.25) is 0 Å². The molecule has 1 unspecified atom stereocenters. The van der Waals surface area contributed by atoms with E-state index in [2.05, 4.69) is 39.2 Å². The van der Waals surface area contributed by atoms with E-state index in [1.54, 1.807) is 7.11 Å². The van der Waals surface area contributed by atoms with Crippen molar-refractivity contribution in [1.29, 1.82) is 0 Å². The quantitative estimate of drug-likeness (QED) is 0.839. The van der Waals surface area contributed by atoms with Gasteiger partial charge in [-0.3, -0.25) is 4.90 Å². The molecule has 0 bridgehead atoms. The van der Waals surface area contributed by atoms with Crippen LogP contribution in [0.1, 0.15) is 12.5 Å². The predicted octanol–water partition coefficient (Wildman–Crippen LogP) is 0.958. The first-order chi connectivity index (χ1) is 9.69. The number of likely N-dealkylation sites (N-methyl/N-ethyl adjacent to an activating group) is 1. The minimum atomic E-state index is 0.580. The molecule has 1 aromatic rings. The second-order valence-electron chi connectivity index (χ2n) is 5.53. The molecule has 1 aliphatic rings. The van der Waals surface area contributed by atoms with Gasteiger partial charge >= 0.3 is 0 Å². The third-order valence-electron chi connectivity index (χ3n) is 3.69. The summed E-state index contributed by atoms with van der Waals surface area (Å²) in [6.07, 6.45) is 1.99. The summed E-state index contributed by atoms with van der Waals surface area (Å²) in [5.74, 6) is 1.000. The average Bonchev–Trinajstić information content (AvgIpc) is 2.45. The van der Waals surface area contributed by atoms with Crippen LogP contribution in [0.25, 0.3) is 0 Å². The third-order valence-corrected chi connectivity index (χ3v) is 3.69.